The summed E-state index contributed by atoms with van der Waals surface area (Å²) < 4.78 is 0. The Morgan fingerprint density at radius 3 is 3.11 bits per heavy atom. The Labute approximate surface area is 55.1 Å². The van der Waals surface area contributed by atoms with Gasteiger partial charge in [0, 0.05) is 5.92 Å². The van der Waals surface area contributed by atoms with Gasteiger partial charge in [0.25, 0.3) is 0 Å². The lowest BCUT2D eigenvalue weighted by atomic mass is 9.97. The molecule has 0 aromatic rings. The topological polar surface area (TPSA) is 29.5 Å². The van der Waals surface area contributed by atoms with Gasteiger partial charge in [0.1, 0.15) is 0 Å². The number of hydrogen-bond acceptors (Lipinski definition) is 2. The highest BCUT2D eigenvalue weighted by molar-refractivity contribution is 4.92. The van der Waals surface area contributed by atoms with Gasteiger partial charge in [-0.2, -0.15) is 0 Å². The Morgan fingerprint density at radius 1 is 1.67 bits per heavy atom. The maximum absolute atomic E-state index is 8.08. The van der Waals surface area contributed by atoms with E-state index < -0.39 is 0 Å². The minimum absolute atomic E-state index is 0.448. The van der Waals surface area contributed by atoms with Crippen LogP contribution in [0.1, 0.15) is 19.3 Å². The summed E-state index contributed by atoms with van der Waals surface area (Å²) in [6, 6.07) is 0. The van der Waals surface area contributed by atoms with Gasteiger partial charge >= 0.3 is 0 Å². The van der Waals surface area contributed by atoms with Crippen molar-refractivity contribution in [2.75, 3.05) is 6.61 Å². The van der Waals surface area contributed by atoms with E-state index in [1.54, 1.807) is 0 Å². The van der Waals surface area contributed by atoms with E-state index in [1.807, 2.05) is 0 Å². The number of hydrogen-bond donors (Lipinski definition) is 1. The van der Waals surface area contributed by atoms with Crippen LogP contribution >= 0.6 is 0 Å². The molecule has 0 heterocycles. The van der Waals surface area contributed by atoms with E-state index in [-0.39, 0.29) is 0 Å². The lowest BCUT2D eigenvalue weighted by Gasteiger charge is -2.12. The standard InChI is InChI=1S/C7H12O2/c8-9-6-7-4-2-1-3-5-7/h2,4,7-8H,1,3,5-6H2. The van der Waals surface area contributed by atoms with Crippen molar-refractivity contribution >= 4 is 0 Å². The molecule has 0 fully saturated rings. The van der Waals surface area contributed by atoms with Crippen molar-refractivity contribution in [1.82, 2.24) is 0 Å². The predicted octanol–water partition coefficient (Wildman–Crippen LogP) is 1.83. The summed E-state index contributed by atoms with van der Waals surface area (Å²) in [5.74, 6) is 0.448. The zero-order chi connectivity index (χ0) is 6.53. The van der Waals surface area contributed by atoms with Crippen LogP contribution in [0.25, 0.3) is 0 Å². The minimum Gasteiger partial charge on any atom is -0.252 e. The van der Waals surface area contributed by atoms with Crippen molar-refractivity contribution < 1.29 is 10.1 Å². The van der Waals surface area contributed by atoms with Gasteiger partial charge in [0.2, 0.25) is 0 Å². The molecule has 0 saturated heterocycles. The van der Waals surface area contributed by atoms with Gasteiger partial charge in [-0.05, 0) is 19.3 Å². The molecule has 2 heteroatoms. The maximum Gasteiger partial charge on any atom is 0.0882 e. The molecule has 1 aliphatic carbocycles. The fourth-order valence-corrected chi connectivity index (χ4v) is 1.12. The van der Waals surface area contributed by atoms with E-state index in [1.165, 1.54) is 12.8 Å². The van der Waals surface area contributed by atoms with Crippen LogP contribution < -0.4 is 0 Å². The first-order valence-corrected chi connectivity index (χ1v) is 3.36. The van der Waals surface area contributed by atoms with Crippen LogP contribution in [0.4, 0.5) is 0 Å². The van der Waals surface area contributed by atoms with Gasteiger partial charge in [0.15, 0.2) is 0 Å². The van der Waals surface area contributed by atoms with Gasteiger partial charge in [0.05, 0.1) is 6.61 Å². The second-order valence-corrected chi connectivity index (χ2v) is 2.41. The van der Waals surface area contributed by atoms with Crippen LogP contribution in [0, 0.1) is 5.92 Å². The van der Waals surface area contributed by atoms with Gasteiger partial charge in [-0.15, -0.1) is 0 Å². The second kappa shape index (κ2) is 3.64. The molecule has 1 atom stereocenters. The SMILES string of the molecule is OOCC1C=CCCC1. The molecule has 0 aromatic carbocycles. The van der Waals surface area contributed by atoms with Crippen LogP contribution in [-0.4, -0.2) is 11.9 Å². The summed E-state index contributed by atoms with van der Waals surface area (Å²) in [7, 11) is 0. The fourth-order valence-electron chi connectivity index (χ4n) is 1.12. The fraction of sp³-hybridized carbons (Fsp3) is 0.714. The first kappa shape index (κ1) is 6.78. The predicted molar refractivity (Wildman–Crippen MR) is 35.1 cm³/mol. The Morgan fingerprint density at radius 2 is 2.56 bits per heavy atom. The molecular formula is C7H12O2. The van der Waals surface area contributed by atoms with E-state index in [4.69, 9.17) is 5.26 Å². The van der Waals surface area contributed by atoms with Crippen LogP contribution in [0.15, 0.2) is 12.2 Å². The number of rotatable bonds is 2. The molecule has 0 aliphatic heterocycles. The zero-order valence-corrected chi connectivity index (χ0v) is 5.42. The quantitative estimate of drug-likeness (QED) is 0.349. The smallest absolute Gasteiger partial charge is 0.0882 e. The van der Waals surface area contributed by atoms with Gasteiger partial charge in [-0.3, -0.25) is 5.26 Å². The third-order valence-electron chi connectivity index (χ3n) is 1.64. The molecule has 0 bridgehead atoms. The van der Waals surface area contributed by atoms with Crippen molar-refractivity contribution in [3.63, 3.8) is 0 Å². The van der Waals surface area contributed by atoms with Crippen LogP contribution in [0.5, 0.6) is 0 Å². The summed E-state index contributed by atoms with van der Waals surface area (Å²) in [4.78, 5) is 4.03. The highest BCUT2D eigenvalue weighted by atomic mass is 17.1. The van der Waals surface area contributed by atoms with Crippen LogP contribution in [0.2, 0.25) is 0 Å². The van der Waals surface area contributed by atoms with E-state index >= 15 is 0 Å². The Bertz CT molecular complexity index is 99.1. The van der Waals surface area contributed by atoms with Gasteiger partial charge < -0.3 is 0 Å². The van der Waals surface area contributed by atoms with Crippen molar-refractivity contribution in [3.8, 4) is 0 Å². The average Bonchev–Trinajstić information content (AvgIpc) is 1.91. The molecule has 1 aliphatic rings. The van der Waals surface area contributed by atoms with Gasteiger partial charge in [-0.1, -0.05) is 12.2 Å². The normalized spacial score (nSPS) is 26.6. The zero-order valence-electron chi connectivity index (χ0n) is 5.42. The Kier molecular flexibility index (Phi) is 2.74. The summed E-state index contributed by atoms with van der Waals surface area (Å²) in [6.45, 7) is 0.455. The molecule has 1 N–H and O–H groups in total. The van der Waals surface area contributed by atoms with Crippen LogP contribution in [0.3, 0.4) is 0 Å². The van der Waals surface area contributed by atoms with Crippen molar-refractivity contribution in [3.05, 3.63) is 12.2 Å². The highest BCUT2D eigenvalue weighted by Crippen LogP contribution is 2.16. The summed E-state index contributed by atoms with van der Waals surface area (Å²) in [5.41, 5.74) is 0. The second-order valence-electron chi connectivity index (χ2n) is 2.41. The number of allylic oxidation sites excluding steroid dienone is 1. The van der Waals surface area contributed by atoms with Crippen LogP contribution in [-0.2, 0) is 4.89 Å². The molecule has 9 heavy (non-hydrogen) atoms. The monoisotopic (exact) mass is 128 g/mol. The maximum atomic E-state index is 8.08. The lowest BCUT2D eigenvalue weighted by Crippen LogP contribution is -2.07. The molecule has 1 rings (SSSR count). The molecule has 0 amide bonds. The third-order valence-corrected chi connectivity index (χ3v) is 1.64. The minimum atomic E-state index is 0.448. The summed E-state index contributed by atoms with van der Waals surface area (Å²) in [5, 5.41) is 8.08. The third kappa shape index (κ3) is 2.16. The largest absolute Gasteiger partial charge is 0.252 e. The van der Waals surface area contributed by atoms with E-state index in [2.05, 4.69) is 17.0 Å². The molecule has 2 nitrogen and oxygen atoms in total. The van der Waals surface area contributed by atoms with E-state index in [0.29, 0.717) is 12.5 Å². The highest BCUT2D eigenvalue weighted by Gasteiger charge is 2.06. The molecule has 0 spiro atoms. The molecule has 52 valence electrons. The molecule has 1 unspecified atom stereocenters. The van der Waals surface area contributed by atoms with E-state index in [0.717, 1.165) is 6.42 Å². The molecular weight excluding hydrogens is 116 g/mol. The van der Waals surface area contributed by atoms with Crippen molar-refractivity contribution in [1.29, 1.82) is 0 Å². The molecule has 0 radical (unpaired) electrons. The lowest BCUT2D eigenvalue weighted by molar-refractivity contribution is -0.248. The molecule has 0 saturated carbocycles. The first-order valence-electron chi connectivity index (χ1n) is 3.36. The van der Waals surface area contributed by atoms with Crippen molar-refractivity contribution in [2.24, 2.45) is 5.92 Å². The summed E-state index contributed by atoms with van der Waals surface area (Å²) >= 11 is 0. The molecule has 0 aromatic heterocycles. The first-order chi connectivity index (χ1) is 4.43. The Hall–Kier alpha value is -0.340. The summed E-state index contributed by atoms with van der Waals surface area (Å²) in [6.07, 6.45) is 7.82. The average molecular weight is 128 g/mol. The van der Waals surface area contributed by atoms with Gasteiger partial charge in [-0.25, -0.2) is 4.89 Å². The Balaban J connectivity index is 2.23. The van der Waals surface area contributed by atoms with E-state index in [9.17, 15) is 0 Å². The van der Waals surface area contributed by atoms with Crippen molar-refractivity contribution in [2.45, 2.75) is 19.3 Å².